The molecule has 2 aromatic carbocycles. The van der Waals surface area contributed by atoms with E-state index in [1.165, 1.54) is 19.1 Å². The second-order valence-electron chi connectivity index (χ2n) is 6.56. The highest BCUT2D eigenvalue weighted by atomic mass is 127. The van der Waals surface area contributed by atoms with Crippen molar-refractivity contribution in [3.63, 3.8) is 0 Å². The van der Waals surface area contributed by atoms with Gasteiger partial charge >= 0.3 is 11.9 Å². The third kappa shape index (κ3) is 6.49. The third-order valence-corrected chi connectivity index (χ3v) is 8.52. The van der Waals surface area contributed by atoms with Crippen LogP contribution in [0.15, 0.2) is 29.2 Å². The molecule has 0 atom stereocenters. The van der Waals surface area contributed by atoms with E-state index in [2.05, 4.69) is 45.2 Å². The zero-order chi connectivity index (χ0) is 22.8. The van der Waals surface area contributed by atoms with Gasteiger partial charge in [0, 0.05) is 10.7 Å². The summed E-state index contributed by atoms with van der Waals surface area (Å²) >= 11 is 6.23. The molecule has 0 fully saturated rings. The quantitative estimate of drug-likeness (QED) is 0.139. The molecule has 0 aliphatic heterocycles. The standard InChI is InChI=1S/C19H17I3O7S/c1-9(2)12-7-15(10(3)4-16(12)30(25,26)27)29-17(23)8-28-19(24)13-5-11(20)6-14(21)18(13)22/h4-7,9H,8H2,1-3H3,(H,25,26,27)/p-1. The van der Waals surface area contributed by atoms with E-state index >= 15 is 0 Å². The van der Waals surface area contributed by atoms with E-state index in [0.717, 1.165) is 10.7 Å². The summed E-state index contributed by atoms with van der Waals surface area (Å²) in [5, 5.41) is 0. The Labute approximate surface area is 215 Å². The number of aryl methyl sites for hydroxylation is 1. The number of carbonyl (C=O) groups is 2. The molecule has 162 valence electrons. The van der Waals surface area contributed by atoms with E-state index in [4.69, 9.17) is 9.47 Å². The Morgan fingerprint density at radius 2 is 1.73 bits per heavy atom. The molecule has 0 radical (unpaired) electrons. The number of hydrogen-bond donors (Lipinski definition) is 0. The van der Waals surface area contributed by atoms with Crippen molar-refractivity contribution in [1.29, 1.82) is 0 Å². The van der Waals surface area contributed by atoms with E-state index < -0.39 is 28.7 Å². The first kappa shape index (κ1) is 25.7. The van der Waals surface area contributed by atoms with Gasteiger partial charge in [-0.2, -0.15) is 0 Å². The van der Waals surface area contributed by atoms with Crippen LogP contribution in [0.2, 0.25) is 0 Å². The van der Waals surface area contributed by atoms with E-state index in [1.54, 1.807) is 19.9 Å². The Balaban J connectivity index is 2.17. The summed E-state index contributed by atoms with van der Waals surface area (Å²) < 4.78 is 47.3. The zero-order valence-electron chi connectivity index (χ0n) is 16.0. The summed E-state index contributed by atoms with van der Waals surface area (Å²) in [4.78, 5) is 24.2. The first-order chi connectivity index (χ1) is 13.8. The average molecular weight is 769 g/mol. The molecule has 0 saturated carbocycles. The number of ether oxygens (including phenoxy) is 2. The van der Waals surface area contributed by atoms with Crippen LogP contribution >= 0.6 is 67.8 Å². The van der Waals surface area contributed by atoms with Gasteiger partial charge < -0.3 is 14.0 Å². The smallest absolute Gasteiger partial charge is 0.349 e. The molecule has 2 aromatic rings. The molecule has 0 aliphatic rings. The van der Waals surface area contributed by atoms with Crippen molar-refractivity contribution in [2.45, 2.75) is 31.6 Å². The van der Waals surface area contributed by atoms with Crippen molar-refractivity contribution in [3.8, 4) is 5.75 Å². The fourth-order valence-electron chi connectivity index (χ4n) is 2.51. The van der Waals surface area contributed by atoms with E-state index in [1.807, 2.05) is 28.7 Å². The van der Waals surface area contributed by atoms with Gasteiger partial charge in [0.25, 0.3) is 0 Å². The second kappa shape index (κ2) is 10.4. The predicted octanol–water partition coefficient (Wildman–Crippen LogP) is 4.60. The van der Waals surface area contributed by atoms with Crippen LogP contribution in [0.3, 0.4) is 0 Å². The van der Waals surface area contributed by atoms with Crippen molar-refractivity contribution >= 4 is 89.8 Å². The molecule has 0 saturated heterocycles. The van der Waals surface area contributed by atoms with Crippen LogP contribution in [0.4, 0.5) is 0 Å². The average Bonchev–Trinajstić information content (AvgIpc) is 2.63. The Morgan fingerprint density at radius 3 is 2.30 bits per heavy atom. The molecule has 0 aromatic heterocycles. The van der Waals surface area contributed by atoms with E-state index in [0.29, 0.717) is 11.1 Å². The van der Waals surface area contributed by atoms with Crippen molar-refractivity contribution in [2.75, 3.05) is 6.61 Å². The van der Waals surface area contributed by atoms with Gasteiger partial charge in [0.05, 0.1) is 10.5 Å². The summed E-state index contributed by atoms with van der Waals surface area (Å²) in [6.45, 7) is 4.34. The molecule has 0 aliphatic carbocycles. The lowest BCUT2D eigenvalue weighted by Crippen LogP contribution is -2.20. The molecule has 0 N–H and O–H groups in total. The third-order valence-electron chi connectivity index (χ3n) is 3.96. The molecule has 2 rings (SSSR count). The van der Waals surface area contributed by atoms with E-state index in [-0.39, 0.29) is 22.1 Å². The molecular formula is C19H16I3O7S-. The van der Waals surface area contributed by atoms with Crippen LogP contribution in [0.5, 0.6) is 5.75 Å². The maximum absolute atomic E-state index is 12.3. The van der Waals surface area contributed by atoms with Gasteiger partial charge in [-0.25, -0.2) is 18.0 Å². The highest BCUT2D eigenvalue weighted by molar-refractivity contribution is 14.1. The first-order valence-electron chi connectivity index (χ1n) is 8.44. The molecule has 0 spiro atoms. The largest absolute Gasteiger partial charge is 0.744 e. The van der Waals surface area contributed by atoms with Gasteiger partial charge in [-0.1, -0.05) is 13.8 Å². The topological polar surface area (TPSA) is 110 Å². The summed E-state index contributed by atoms with van der Waals surface area (Å²) in [5.41, 5.74) is 0.900. The minimum atomic E-state index is -4.67. The van der Waals surface area contributed by atoms with Crippen LogP contribution in [0.25, 0.3) is 0 Å². The van der Waals surface area contributed by atoms with Crippen molar-refractivity contribution in [2.24, 2.45) is 0 Å². The minimum Gasteiger partial charge on any atom is -0.744 e. The Bertz CT molecular complexity index is 1110. The van der Waals surface area contributed by atoms with Crippen LogP contribution in [0.1, 0.15) is 41.3 Å². The predicted molar refractivity (Wildman–Crippen MR) is 134 cm³/mol. The lowest BCUT2D eigenvalue weighted by atomic mass is 10.0. The van der Waals surface area contributed by atoms with Gasteiger partial charge in [-0.3, -0.25) is 0 Å². The SMILES string of the molecule is Cc1cc(S(=O)(=O)[O-])c(C(C)C)cc1OC(=O)COC(=O)c1cc(I)cc(I)c1I. The minimum absolute atomic E-state index is 0.102. The number of rotatable bonds is 6. The van der Waals surface area contributed by atoms with Gasteiger partial charge in [0.2, 0.25) is 0 Å². The summed E-state index contributed by atoms with van der Waals surface area (Å²) in [6.07, 6.45) is 0. The lowest BCUT2D eigenvalue weighted by Gasteiger charge is -2.18. The van der Waals surface area contributed by atoms with E-state index in [9.17, 15) is 22.6 Å². The molecule has 0 unspecified atom stereocenters. The first-order valence-corrected chi connectivity index (χ1v) is 13.1. The highest BCUT2D eigenvalue weighted by Crippen LogP contribution is 2.31. The molecule has 11 heteroatoms. The molecule has 7 nitrogen and oxygen atoms in total. The van der Waals surface area contributed by atoms with Gasteiger partial charge in [0.1, 0.15) is 15.9 Å². The molecule has 30 heavy (non-hydrogen) atoms. The Morgan fingerprint density at radius 1 is 1.10 bits per heavy atom. The summed E-state index contributed by atoms with van der Waals surface area (Å²) in [6, 6.07) is 6.12. The van der Waals surface area contributed by atoms with Crippen LogP contribution in [-0.4, -0.2) is 31.5 Å². The molecule has 0 amide bonds. The van der Waals surface area contributed by atoms with Crippen molar-refractivity contribution in [1.82, 2.24) is 0 Å². The Hall–Kier alpha value is -0.520. The molecule has 0 bridgehead atoms. The van der Waals surface area contributed by atoms with Gasteiger partial charge in [-0.05, 0) is 116 Å². The van der Waals surface area contributed by atoms with Crippen molar-refractivity contribution < 1.29 is 32.0 Å². The van der Waals surface area contributed by atoms with Crippen LogP contribution < -0.4 is 4.74 Å². The lowest BCUT2D eigenvalue weighted by molar-refractivity contribution is -0.137. The number of carbonyl (C=O) groups excluding carboxylic acids is 2. The number of halogens is 3. The fraction of sp³-hybridized carbons (Fsp3) is 0.263. The monoisotopic (exact) mass is 769 g/mol. The van der Waals surface area contributed by atoms with Crippen LogP contribution in [0, 0.1) is 17.6 Å². The Kier molecular flexibility index (Phi) is 8.92. The van der Waals surface area contributed by atoms with Gasteiger partial charge in [0.15, 0.2) is 6.61 Å². The normalized spacial score (nSPS) is 11.5. The number of esters is 2. The number of benzene rings is 2. The molecule has 0 heterocycles. The number of hydrogen-bond acceptors (Lipinski definition) is 7. The van der Waals surface area contributed by atoms with Crippen molar-refractivity contribution in [3.05, 3.63) is 51.7 Å². The fourth-order valence-corrected chi connectivity index (χ4v) is 5.79. The van der Waals surface area contributed by atoms with Crippen LogP contribution in [-0.2, 0) is 19.6 Å². The summed E-state index contributed by atoms with van der Waals surface area (Å²) in [7, 11) is -4.67. The highest BCUT2D eigenvalue weighted by Gasteiger charge is 2.20. The summed E-state index contributed by atoms with van der Waals surface area (Å²) in [5.74, 6) is -1.66. The van der Waals surface area contributed by atoms with Gasteiger partial charge in [-0.15, -0.1) is 0 Å². The maximum atomic E-state index is 12.3. The molecular weight excluding hydrogens is 753 g/mol. The second-order valence-corrected chi connectivity index (χ2v) is 11.4. The maximum Gasteiger partial charge on any atom is 0.349 e. The zero-order valence-corrected chi connectivity index (χ0v) is 23.3.